The number of hydrogen-bond acceptors (Lipinski definition) is 3. The summed E-state index contributed by atoms with van der Waals surface area (Å²) in [5.41, 5.74) is 0. The second-order valence-corrected chi connectivity index (χ2v) is 7.75. The topological polar surface area (TPSA) is 42.9 Å². The molecule has 0 radical (unpaired) electrons. The fourth-order valence-electron chi connectivity index (χ4n) is 3.72. The van der Waals surface area contributed by atoms with Gasteiger partial charge in [-0.2, -0.15) is 0 Å². The second-order valence-electron chi connectivity index (χ2n) is 7.75. The van der Waals surface area contributed by atoms with Gasteiger partial charge in [0.2, 0.25) is 0 Å². The van der Waals surface area contributed by atoms with E-state index in [-0.39, 0.29) is 0 Å². The Balaban J connectivity index is 1.70. The van der Waals surface area contributed by atoms with E-state index in [2.05, 4.69) is 48.4 Å². The highest BCUT2D eigenvalue weighted by atomic mass is 15.2. The lowest BCUT2D eigenvalue weighted by molar-refractivity contribution is 0.159. The monoisotopic (exact) mass is 337 g/mol. The number of guanidine groups is 1. The standard InChI is InChI=1S/C19H39N5/c1-5-20-19(22-15-18(23(3)4)17-10-11-17)21-12-8-14-24-13-7-6-9-16(24)2/h16-18H,5-15H2,1-4H3,(H2,20,21,22). The molecule has 24 heavy (non-hydrogen) atoms. The first kappa shape index (κ1) is 19.5. The zero-order valence-electron chi connectivity index (χ0n) is 16.4. The average molecular weight is 338 g/mol. The van der Waals surface area contributed by atoms with Gasteiger partial charge in [-0.15, -0.1) is 0 Å². The molecule has 5 nitrogen and oxygen atoms in total. The van der Waals surface area contributed by atoms with Crippen LogP contribution in [0, 0.1) is 5.92 Å². The molecule has 1 saturated carbocycles. The first-order valence-electron chi connectivity index (χ1n) is 10.0. The summed E-state index contributed by atoms with van der Waals surface area (Å²) in [7, 11) is 4.36. The summed E-state index contributed by atoms with van der Waals surface area (Å²) in [6.45, 7) is 9.82. The van der Waals surface area contributed by atoms with Gasteiger partial charge in [0, 0.05) is 31.7 Å². The van der Waals surface area contributed by atoms with Crippen LogP contribution in [-0.4, -0.2) is 74.7 Å². The lowest BCUT2D eigenvalue weighted by atomic mass is 10.0. The highest BCUT2D eigenvalue weighted by Gasteiger charge is 2.32. The van der Waals surface area contributed by atoms with Crippen LogP contribution in [-0.2, 0) is 0 Å². The average Bonchev–Trinajstić information content (AvgIpc) is 3.37. The summed E-state index contributed by atoms with van der Waals surface area (Å²) >= 11 is 0. The molecule has 0 aromatic carbocycles. The van der Waals surface area contributed by atoms with E-state index in [4.69, 9.17) is 4.99 Å². The Hall–Kier alpha value is -0.810. The molecule has 0 aromatic rings. The van der Waals surface area contributed by atoms with E-state index in [1.165, 1.54) is 51.6 Å². The Morgan fingerprint density at radius 3 is 2.62 bits per heavy atom. The third kappa shape index (κ3) is 6.60. The first-order valence-corrected chi connectivity index (χ1v) is 10.0. The Bertz CT molecular complexity index is 376. The molecule has 2 fully saturated rings. The largest absolute Gasteiger partial charge is 0.357 e. The highest BCUT2D eigenvalue weighted by Crippen LogP contribution is 2.34. The van der Waals surface area contributed by atoms with Crippen molar-refractivity contribution >= 4 is 5.96 Å². The minimum atomic E-state index is 0.592. The molecule has 2 aliphatic rings. The van der Waals surface area contributed by atoms with E-state index in [9.17, 15) is 0 Å². The Morgan fingerprint density at radius 1 is 1.21 bits per heavy atom. The van der Waals surface area contributed by atoms with Gasteiger partial charge in [-0.05, 0) is 72.5 Å². The van der Waals surface area contributed by atoms with Crippen molar-refractivity contribution < 1.29 is 0 Å². The molecule has 1 heterocycles. The highest BCUT2D eigenvalue weighted by molar-refractivity contribution is 5.79. The van der Waals surface area contributed by atoms with Crippen LogP contribution in [0.15, 0.2) is 4.99 Å². The molecule has 2 N–H and O–H groups in total. The van der Waals surface area contributed by atoms with E-state index in [0.717, 1.165) is 37.6 Å². The summed E-state index contributed by atoms with van der Waals surface area (Å²) in [5, 5.41) is 6.91. The van der Waals surface area contributed by atoms with Gasteiger partial charge in [-0.3, -0.25) is 4.99 Å². The summed E-state index contributed by atoms with van der Waals surface area (Å²) in [5.74, 6) is 1.84. The number of likely N-dealkylation sites (N-methyl/N-ethyl adjacent to an activating group) is 1. The van der Waals surface area contributed by atoms with Crippen molar-refractivity contribution in [2.45, 2.75) is 64.5 Å². The van der Waals surface area contributed by atoms with Crippen molar-refractivity contribution in [1.29, 1.82) is 0 Å². The number of nitrogens with zero attached hydrogens (tertiary/aromatic N) is 3. The quantitative estimate of drug-likeness (QED) is 0.384. The van der Waals surface area contributed by atoms with Gasteiger partial charge in [-0.1, -0.05) is 6.42 Å². The van der Waals surface area contributed by atoms with Gasteiger partial charge in [-0.25, -0.2) is 0 Å². The fraction of sp³-hybridized carbons (Fsp3) is 0.947. The minimum Gasteiger partial charge on any atom is -0.357 e. The van der Waals surface area contributed by atoms with Crippen molar-refractivity contribution in [2.75, 3.05) is 46.8 Å². The predicted octanol–water partition coefficient (Wildman–Crippen LogP) is 2.15. The molecule has 5 heteroatoms. The van der Waals surface area contributed by atoms with Crippen molar-refractivity contribution in [3.63, 3.8) is 0 Å². The summed E-state index contributed by atoms with van der Waals surface area (Å²) in [4.78, 5) is 9.81. The van der Waals surface area contributed by atoms with Crippen LogP contribution >= 0.6 is 0 Å². The SMILES string of the molecule is CCNC(=NCC(C1CC1)N(C)C)NCCCN1CCCCC1C. The molecule has 1 saturated heterocycles. The Labute approximate surface area is 149 Å². The zero-order chi connectivity index (χ0) is 17.4. The van der Waals surface area contributed by atoms with Crippen molar-refractivity contribution in [1.82, 2.24) is 20.4 Å². The first-order chi connectivity index (χ1) is 11.6. The second kappa shape index (κ2) is 10.2. The molecule has 1 aliphatic heterocycles. The summed E-state index contributed by atoms with van der Waals surface area (Å²) < 4.78 is 0. The van der Waals surface area contributed by atoms with Crippen LogP contribution in [0.2, 0.25) is 0 Å². The van der Waals surface area contributed by atoms with Crippen LogP contribution in [0.1, 0.15) is 52.4 Å². The van der Waals surface area contributed by atoms with Crippen LogP contribution in [0.4, 0.5) is 0 Å². The lowest BCUT2D eigenvalue weighted by Gasteiger charge is -2.33. The molecule has 0 aromatic heterocycles. The molecule has 1 aliphatic carbocycles. The van der Waals surface area contributed by atoms with Crippen molar-refractivity contribution in [3.05, 3.63) is 0 Å². The van der Waals surface area contributed by atoms with E-state index in [1.54, 1.807) is 0 Å². The molecule has 0 amide bonds. The normalized spacial score (nSPS) is 24.2. The summed E-state index contributed by atoms with van der Waals surface area (Å²) in [6.07, 6.45) is 8.07. The molecule has 0 spiro atoms. The molecular formula is C19H39N5. The Kier molecular flexibility index (Phi) is 8.33. The number of aliphatic imine (C=N–C) groups is 1. The van der Waals surface area contributed by atoms with Gasteiger partial charge in [0.1, 0.15) is 0 Å². The Morgan fingerprint density at radius 2 is 2.00 bits per heavy atom. The van der Waals surface area contributed by atoms with Crippen molar-refractivity contribution in [3.8, 4) is 0 Å². The maximum atomic E-state index is 4.83. The zero-order valence-corrected chi connectivity index (χ0v) is 16.4. The minimum absolute atomic E-state index is 0.592. The van der Waals surface area contributed by atoms with Gasteiger partial charge in [0.25, 0.3) is 0 Å². The maximum Gasteiger partial charge on any atom is 0.191 e. The van der Waals surface area contributed by atoms with E-state index in [1.807, 2.05) is 0 Å². The lowest BCUT2D eigenvalue weighted by Crippen LogP contribution is -2.42. The van der Waals surface area contributed by atoms with E-state index < -0.39 is 0 Å². The smallest absolute Gasteiger partial charge is 0.191 e. The molecule has 0 bridgehead atoms. The molecular weight excluding hydrogens is 298 g/mol. The third-order valence-corrected chi connectivity index (χ3v) is 5.47. The van der Waals surface area contributed by atoms with Gasteiger partial charge in [0.15, 0.2) is 5.96 Å². The number of piperidine rings is 1. The molecule has 2 atom stereocenters. The predicted molar refractivity (Wildman–Crippen MR) is 104 cm³/mol. The number of rotatable bonds is 9. The van der Waals surface area contributed by atoms with Gasteiger partial charge >= 0.3 is 0 Å². The maximum absolute atomic E-state index is 4.83. The van der Waals surface area contributed by atoms with Crippen molar-refractivity contribution in [2.24, 2.45) is 10.9 Å². The summed E-state index contributed by atoms with van der Waals surface area (Å²) in [6, 6.07) is 1.36. The van der Waals surface area contributed by atoms with Crippen LogP contribution in [0.5, 0.6) is 0 Å². The number of likely N-dealkylation sites (tertiary alicyclic amines) is 1. The van der Waals surface area contributed by atoms with Gasteiger partial charge in [0.05, 0.1) is 6.54 Å². The number of nitrogens with one attached hydrogen (secondary N) is 2. The van der Waals surface area contributed by atoms with Crippen LogP contribution < -0.4 is 10.6 Å². The van der Waals surface area contributed by atoms with Crippen LogP contribution in [0.25, 0.3) is 0 Å². The van der Waals surface area contributed by atoms with E-state index >= 15 is 0 Å². The third-order valence-electron chi connectivity index (χ3n) is 5.47. The fourth-order valence-corrected chi connectivity index (χ4v) is 3.72. The van der Waals surface area contributed by atoms with Crippen LogP contribution in [0.3, 0.4) is 0 Å². The molecule has 2 rings (SSSR count). The molecule has 140 valence electrons. The van der Waals surface area contributed by atoms with Gasteiger partial charge < -0.3 is 20.4 Å². The number of hydrogen-bond donors (Lipinski definition) is 2. The van der Waals surface area contributed by atoms with E-state index in [0.29, 0.717) is 6.04 Å². The molecule has 2 unspecified atom stereocenters.